The number of hydrogen-bond acceptors (Lipinski definition) is 1. The number of rotatable bonds is 2. The molecule has 3 nitrogen and oxygen atoms in total. The molecule has 0 saturated carbocycles. The van der Waals surface area contributed by atoms with Gasteiger partial charge in [-0.1, -0.05) is 18.2 Å². The summed E-state index contributed by atoms with van der Waals surface area (Å²) in [6.07, 6.45) is 0. The van der Waals surface area contributed by atoms with Crippen molar-refractivity contribution in [2.75, 3.05) is 0 Å². The van der Waals surface area contributed by atoms with Gasteiger partial charge in [-0.2, -0.15) is 0 Å². The van der Waals surface area contributed by atoms with Gasteiger partial charge in [-0.05, 0) is 45.0 Å². The highest BCUT2D eigenvalue weighted by molar-refractivity contribution is 5.38. The zero-order chi connectivity index (χ0) is 13.4. The number of hydrogen-bond donors (Lipinski definition) is 0. The van der Waals surface area contributed by atoms with Crippen molar-refractivity contribution in [3.05, 3.63) is 65.6 Å². The lowest BCUT2D eigenvalue weighted by Gasteiger charge is -2.05. The van der Waals surface area contributed by atoms with Gasteiger partial charge >= 0.3 is 0 Å². The standard InChI is InChI=1S/C16H17N3/c1-12-9-10-13(2)18(12)16-11-14(3)19(17-16)15-7-5-4-6-8-15/h4-11H,1-3H3. The minimum atomic E-state index is 0.973. The molecule has 0 spiro atoms. The fourth-order valence-electron chi connectivity index (χ4n) is 2.43. The van der Waals surface area contributed by atoms with Crippen LogP contribution in [0.4, 0.5) is 0 Å². The first-order valence-electron chi connectivity index (χ1n) is 6.44. The normalized spacial score (nSPS) is 10.9. The predicted octanol–water partition coefficient (Wildman–Crippen LogP) is 3.59. The van der Waals surface area contributed by atoms with Crippen LogP contribution in [0.25, 0.3) is 11.5 Å². The van der Waals surface area contributed by atoms with E-state index in [1.807, 2.05) is 22.9 Å². The zero-order valence-electron chi connectivity index (χ0n) is 11.5. The second-order valence-electron chi connectivity index (χ2n) is 4.84. The minimum absolute atomic E-state index is 0.973. The van der Waals surface area contributed by atoms with Crippen LogP contribution in [0.2, 0.25) is 0 Å². The minimum Gasteiger partial charge on any atom is -0.302 e. The third-order valence-electron chi connectivity index (χ3n) is 3.38. The Balaban J connectivity index is 2.13. The van der Waals surface area contributed by atoms with Crippen molar-refractivity contribution in [1.29, 1.82) is 0 Å². The van der Waals surface area contributed by atoms with Crippen LogP contribution in [0.3, 0.4) is 0 Å². The maximum absolute atomic E-state index is 4.72. The molecule has 1 aromatic carbocycles. The Morgan fingerprint density at radius 2 is 1.42 bits per heavy atom. The van der Waals surface area contributed by atoms with E-state index in [2.05, 4.69) is 55.7 Å². The van der Waals surface area contributed by atoms with Gasteiger partial charge in [0.2, 0.25) is 0 Å². The van der Waals surface area contributed by atoms with Crippen LogP contribution in [0.15, 0.2) is 48.5 Å². The van der Waals surface area contributed by atoms with Gasteiger partial charge in [-0.25, -0.2) is 4.68 Å². The predicted molar refractivity (Wildman–Crippen MR) is 77.1 cm³/mol. The van der Waals surface area contributed by atoms with Crippen LogP contribution in [0, 0.1) is 20.8 Å². The monoisotopic (exact) mass is 251 g/mol. The lowest BCUT2D eigenvalue weighted by atomic mass is 10.3. The van der Waals surface area contributed by atoms with E-state index in [4.69, 9.17) is 5.10 Å². The number of benzene rings is 1. The van der Waals surface area contributed by atoms with E-state index in [1.54, 1.807) is 0 Å². The molecule has 96 valence electrons. The van der Waals surface area contributed by atoms with Gasteiger partial charge < -0.3 is 4.57 Å². The van der Waals surface area contributed by atoms with E-state index in [0.717, 1.165) is 17.2 Å². The van der Waals surface area contributed by atoms with Crippen LogP contribution in [-0.4, -0.2) is 14.3 Å². The van der Waals surface area contributed by atoms with Crippen LogP contribution < -0.4 is 0 Å². The van der Waals surface area contributed by atoms with Crippen molar-refractivity contribution >= 4 is 0 Å². The molecule has 3 rings (SSSR count). The summed E-state index contributed by atoms with van der Waals surface area (Å²) in [7, 11) is 0. The van der Waals surface area contributed by atoms with Crippen LogP contribution >= 0.6 is 0 Å². The Bertz CT molecular complexity index is 685. The Hall–Kier alpha value is -2.29. The van der Waals surface area contributed by atoms with Gasteiger partial charge in [0.15, 0.2) is 5.82 Å². The molecule has 0 bridgehead atoms. The molecule has 0 aliphatic carbocycles. The molecule has 0 saturated heterocycles. The molecular formula is C16H17N3. The molecule has 0 fully saturated rings. The molecule has 0 atom stereocenters. The second kappa shape index (κ2) is 4.43. The van der Waals surface area contributed by atoms with Gasteiger partial charge in [-0.3, -0.25) is 0 Å². The van der Waals surface area contributed by atoms with E-state index in [0.29, 0.717) is 0 Å². The van der Waals surface area contributed by atoms with E-state index in [1.165, 1.54) is 11.4 Å². The molecule has 0 aliphatic rings. The van der Waals surface area contributed by atoms with E-state index >= 15 is 0 Å². The van der Waals surface area contributed by atoms with Crippen molar-refractivity contribution < 1.29 is 0 Å². The summed E-state index contributed by atoms with van der Waals surface area (Å²) in [5, 5.41) is 4.72. The van der Waals surface area contributed by atoms with E-state index < -0.39 is 0 Å². The van der Waals surface area contributed by atoms with Crippen LogP contribution in [-0.2, 0) is 0 Å². The summed E-state index contributed by atoms with van der Waals surface area (Å²) >= 11 is 0. The number of para-hydroxylation sites is 1. The quantitative estimate of drug-likeness (QED) is 0.682. The fraction of sp³-hybridized carbons (Fsp3) is 0.188. The summed E-state index contributed by atoms with van der Waals surface area (Å²) in [5.41, 5.74) is 4.63. The van der Waals surface area contributed by atoms with E-state index in [-0.39, 0.29) is 0 Å². The average molecular weight is 251 g/mol. The van der Waals surface area contributed by atoms with Crippen LogP contribution in [0.1, 0.15) is 17.1 Å². The summed E-state index contributed by atoms with van der Waals surface area (Å²) in [5.74, 6) is 0.973. The molecule has 0 radical (unpaired) electrons. The van der Waals surface area contributed by atoms with Gasteiger partial charge in [0, 0.05) is 23.1 Å². The molecule has 2 aromatic heterocycles. The highest BCUT2D eigenvalue weighted by atomic mass is 15.3. The SMILES string of the molecule is Cc1cc(-n2c(C)ccc2C)nn1-c1ccccc1. The molecule has 0 unspecified atom stereocenters. The average Bonchev–Trinajstić information content (AvgIpc) is 2.94. The first kappa shape index (κ1) is 11.8. The lowest BCUT2D eigenvalue weighted by molar-refractivity contribution is 0.810. The number of aromatic nitrogens is 3. The Morgan fingerprint density at radius 3 is 2.05 bits per heavy atom. The van der Waals surface area contributed by atoms with E-state index in [9.17, 15) is 0 Å². The summed E-state index contributed by atoms with van der Waals surface area (Å²) in [6.45, 7) is 6.28. The zero-order valence-corrected chi connectivity index (χ0v) is 11.5. The highest BCUT2D eigenvalue weighted by Gasteiger charge is 2.10. The molecular weight excluding hydrogens is 234 g/mol. The second-order valence-corrected chi connectivity index (χ2v) is 4.84. The largest absolute Gasteiger partial charge is 0.302 e. The molecule has 3 heteroatoms. The smallest absolute Gasteiger partial charge is 0.159 e. The Kier molecular flexibility index (Phi) is 2.75. The fourth-order valence-corrected chi connectivity index (χ4v) is 2.43. The molecule has 0 amide bonds. The third-order valence-corrected chi connectivity index (χ3v) is 3.38. The molecule has 2 heterocycles. The van der Waals surface area contributed by atoms with Gasteiger partial charge in [0.25, 0.3) is 0 Å². The van der Waals surface area contributed by atoms with Crippen molar-refractivity contribution in [3.63, 3.8) is 0 Å². The molecule has 0 aliphatic heterocycles. The summed E-state index contributed by atoms with van der Waals surface area (Å²) < 4.78 is 4.15. The van der Waals surface area contributed by atoms with Gasteiger partial charge in [0.05, 0.1) is 5.69 Å². The van der Waals surface area contributed by atoms with Gasteiger partial charge in [-0.15, -0.1) is 5.10 Å². The van der Waals surface area contributed by atoms with Crippen LogP contribution in [0.5, 0.6) is 0 Å². The molecule has 0 N–H and O–H groups in total. The lowest BCUT2D eigenvalue weighted by Crippen LogP contribution is -2.02. The maximum atomic E-state index is 4.72. The number of aryl methyl sites for hydroxylation is 3. The van der Waals surface area contributed by atoms with Crippen molar-refractivity contribution in [1.82, 2.24) is 14.3 Å². The first-order valence-corrected chi connectivity index (χ1v) is 6.44. The van der Waals surface area contributed by atoms with Gasteiger partial charge in [0.1, 0.15) is 0 Å². The third kappa shape index (κ3) is 1.97. The maximum Gasteiger partial charge on any atom is 0.159 e. The van der Waals surface area contributed by atoms with Crippen molar-refractivity contribution in [2.45, 2.75) is 20.8 Å². The molecule has 3 aromatic rings. The molecule has 19 heavy (non-hydrogen) atoms. The van der Waals surface area contributed by atoms with Crippen molar-refractivity contribution in [2.24, 2.45) is 0 Å². The Morgan fingerprint density at radius 1 is 0.789 bits per heavy atom. The first-order chi connectivity index (χ1) is 9.16. The highest BCUT2D eigenvalue weighted by Crippen LogP contribution is 2.18. The number of nitrogens with zero attached hydrogens (tertiary/aromatic N) is 3. The summed E-state index contributed by atoms with van der Waals surface area (Å²) in [4.78, 5) is 0. The topological polar surface area (TPSA) is 22.8 Å². The van der Waals surface area contributed by atoms with Crippen molar-refractivity contribution in [3.8, 4) is 11.5 Å². The summed E-state index contributed by atoms with van der Waals surface area (Å²) in [6, 6.07) is 16.6. The Labute approximate surface area is 113 Å².